The van der Waals surface area contributed by atoms with Crippen LogP contribution in [0.25, 0.3) is 21.2 Å². The second-order valence-corrected chi connectivity index (χ2v) is 7.08. The monoisotopic (exact) mass is 356 g/mol. The second-order valence-electron chi connectivity index (χ2n) is 6.03. The SMILES string of the molecule is COc1cc(-c2ccccc2)sc1-c1nc(C2CNCCN2C)no1. The molecule has 1 fully saturated rings. The van der Waals surface area contributed by atoms with E-state index in [4.69, 9.17) is 9.26 Å². The summed E-state index contributed by atoms with van der Waals surface area (Å²) in [7, 11) is 3.75. The van der Waals surface area contributed by atoms with Crippen LogP contribution in [0.5, 0.6) is 5.75 Å². The van der Waals surface area contributed by atoms with Crippen LogP contribution in [0.15, 0.2) is 40.9 Å². The lowest BCUT2D eigenvalue weighted by atomic mass is 10.2. The average Bonchev–Trinajstić information content (AvgIpc) is 3.29. The first-order valence-electron chi connectivity index (χ1n) is 8.24. The van der Waals surface area contributed by atoms with Crippen LogP contribution in [-0.2, 0) is 0 Å². The number of piperazine rings is 1. The molecule has 25 heavy (non-hydrogen) atoms. The van der Waals surface area contributed by atoms with E-state index in [0.29, 0.717) is 11.7 Å². The van der Waals surface area contributed by atoms with Crippen molar-refractivity contribution in [3.63, 3.8) is 0 Å². The van der Waals surface area contributed by atoms with Crippen molar-refractivity contribution < 1.29 is 9.26 Å². The van der Waals surface area contributed by atoms with Crippen LogP contribution in [0.1, 0.15) is 11.9 Å². The molecule has 0 saturated carbocycles. The highest BCUT2D eigenvalue weighted by atomic mass is 32.1. The van der Waals surface area contributed by atoms with Crippen molar-refractivity contribution in [1.82, 2.24) is 20.4 Å². The topological polar surface area (TPSA) is 63.4 Å². The molecule has 0 bridgehead atoms. The van der Waals surface area contributed by atoms with Crippen molar-refractivity contribution >= 4 is 11.3 Å². The smallest absolute Gasteiger partial charge is 0.271 e. The average molecular weight is 356 g/mol. The largest absolute Gasteiger partial charge is 0.495 e. The first-order chi connectivity index (χ1) is 12.3. The predicted molar refractivity (Wildman–Crippen MR) is 97.8 cm³/mol. The molecule has 1 saturated heterocycles. The van der Waals surface area contributed by atoms with Crippen LogP contribution < -0.4 is 10.1 Å². The zero-order chi connectivity index (χ0) is 17.2. The molecule has 0 amide bonds. The fourth-order valence-electron chi connectivity index (χ4n) is 2.98. The molecule has 1 aliphatic heterocycles. The Labute approximate surface area is 150 Å². The molecule has 0 aliphatic carbocycles. The molecule has 3 heterocycles. The standard InChI is InChI=1S/C18H20N4O2S/c1-22-9-8-19-11-13(22)17-20-18(24-21-17)16-14(23-2)10-15(25-16)12-6-4-3-5-7-12/h3-7,10,13,19H,8-9,11H2,1-2H3. The van der Waals surface area contributed by atoms with Gasteiger partial charge in [-0.05, 0) is 18.7 Å². The molecule has 1 unspecified atom stereocenters. The first kappa shape index (κ1) is 16.3. The number of nitrogens with one attached hydrogen (secondary N) is 1. The number of aromatic nitrogens is 2. The van der Waals surface area contributed by atoms with E-state index in [1.54, 1.807) is 18.4 Å². The number of rotatable bonds is 4. The third-order valence-electron chi connectivity index (χ3n) is 4.42. The Balaban J connectivity index is 1.67. The van der Waals surface area contributed by atoms with E-state index >= 15 is 0 Å². The van der Waals surface area contributed by atoms with E-state index in [9.17, 15) is 0 Å². The predicted octanol–water partition coefficient (Wildman–Crippen LogP) is 3.05. The number of hydrogen-bond donors (Lipinski definition) is 1. The molecular formula is C18H20N4O2S. The van der Waals surface area contributed by atoms with Gasteiger partial charge in [0.05, 0.1) is 13.2 Å². The van der Waals surface area contributed by atoms with Crippen LogP contribution in [-0.4, -0.2) is 48.8 Å². The van der Waals surface area contributed by atoms with Gasteiger partial charge in [-0.1, -0.05) is 35.5 Å². The van der Waals surface area contributed by atoms with Crippen molar-refractivity contribution in [3.05, 3.63) is 42.2 Å². The highest BCUT2D eigenvalue weighted by molar-refractivity contribution is 7.19. The van der Waals surface area contributed by atoms with E-state index in [1.807, 2.05) is 24.3 Å². The van der Waals surface area contributed by atoms with Gasteiger partial charge in [0.1, 0.15) is 10.6 Å². The molecule has 130 valence electrons. The Hall–Kier alpha value is -2.22. The molecule has 7 heteroatoms. The summed E-state index contributed by atoms with van der Waals surface area (Å²) in [6, 6.07) is 12.4. The number of methoxy groups -OCH3 is 1. The van der Waals surface area contributed by atoms with Crippen LogP contribution in [0, 0.1) is 0 Å². The molecule has 3 aromatic rings. The van der Waals surface area contributed by atoms with Gasteiger partial charge in [-0.2, -0.15) is 4.98 Å². The molecule has 1 atom stereocenters. The molecule has 1 aliphatic rings. The highest BCUT2D eigenvalue weighted by Gasteiger charge is 2.27. The zero-order valence-corrected chi connectivity index (χ0v) is 15.0. The van der Waals surface area contributed by atoms with E-state index in [-0.39, 0.29) is 6.04 Å². The Morgan fingerprint density at radius 3 is 2.92 bits per heavy atom. The minimum Gasteiger partial charge on any atom is -0.495 e. The summed E-state index contributed by atoms with van der Waals surface area (Å²) in [6.07, 6.45) is 0. The van der Waals surface area contributed by atoms with E-state index in [2.05, 4.69) is 39.5 Å². The Morgan fingerprint density at radius 2 is 2.16 bits per heavy atom. The summed E-state index contributed by atoms with van der Waals surface area (Å²) >= 11 is 1.60. The molecule has 2 aromatic heterocycles. The summed E-state index contributed by atoms with van der Waals surface area (Å²) in [5.74, 6) is 1.98. The third-order valence-corrected chi connectivity index (χ3v) is 5.57. The molecule has 1 aromatic carbocycles. The number of thiophene rings is 1. The maximum Gasteiger partial charge on any atom is 0.271 e. The summed E-state index contributed by atoms with van der Waals surface area (Å²) in [5.41, 5.74) is 1.15. The highest BCUT2D eigenvalue weighted by Crippen LogP contribution is 2.42. The van der Waals surface area contributed by atoms with Gasteiger partial charge < -0.3 is 14.6 Å². The number of benzene rings is 1. The van der Waals surface area contributed by atoms with Gasteiger partial charge in [0, 0.05) is 24.5 Å². The normalized spacial score (nSPS) is 18.4. The lowest BCUT2D eigenvalue weighted by Gasteiger charge is -2.30. The van der Waals surface area contributed by atoms with Crippen LogP contribution in [0.4, 0.5) is 0 Å². The lowest BCUT2D eigenvalue weighted by Crippen LogP contribution is -2.44. The number of hydrogen-bond acceptors (Lipinski definition) is 7. The number of ether oxygens (including phenoxy) is 1. The van der Waals surface area contributed by atoms with Crippen molar-refractivity contribution in [1.29, 1.82) is 0 Å². The van der Waals surface area contributed by atoms with Crippen LogP contribution in [0.3, 0.4) is 0 Å². The van der Waals surface area contributed by atoms with Crippen molar-refractivity contribution in [2.75, 3.05) is 33.8 Å². The lowest BCUT2D eigenvalue weighted by molar-refractivity contribution is 0.190. The summed E-state index contributed by atoms with van der Waals surface area (Å²) < 4.78 is 11.1. The molecule has 1 N–H and O–H groups in total. The maximum atomic E-state index is 5.56. The van der Waals surface area contributed by atoms with Gasteiger partial charge >= 0.3 is 0 Å². The summed E-state index contributed by atoms with van der Waals surface area (Å²) in [5, 5.41) is 7.58. The zero-order valence-electron chi connectivity index (χ0n) is 14.2. The van der Waals surface area contributed by atoms with Gasteiger partial charge in [-0.25, -0.2) is 0 Å². The fourth-order valence-corrected chi connectivity index (χ4v) is 4.03. The third kappa shape index (κ3) is 3.18. The van der Waals surface area contributed by atoms with E-state index in [1.165, 1.54) is 0 Å². The minimum absolute atomic E-state index is 0.130. The number of nitrogens with zero attached hydrogens (tertiary/aromatic N) is 3. The second kappa shape index (κ2) is 6.95. The van der Waals surface area contributed by atoms with E-state index < -0.39 is 0 Å². The van der Waals surface area contributed by atoms with Gasteiger partial charge in [0.2, 0.25) is 0 Å². The summed E-state index contributed by atoms with van der Waals surface area (Å²) in [4.78, 5) is 8.87. The first-order valence-corrected chi connectivity index (χ1v) is 9.06. The van der Waals surface area contributed by atoms with Gasteiger partial charge in [-0.15, -0.1) is 11.3 Å². The van der Waals surface area contributed by atoms with Crippen molar-refractivity contribution in [2.24, 2.45) is 0 Å². The van der Waals surface area contributed by atoms with E-state index in [0.717, 1.165) is 40.7 Å². The molecule has 4 rings (SSSR count). The molecular weight excluding hydrogens is 336 g/mol. The van der Waals surface area contributed by atoms with Crippen LogP contribution >= 0.6 is 11.3 Å². The van der Waals surface area contributed by atoms with Crippen molar-refractivity contribution in [2.45, 2.75) is 6.04 Å². The minimum atomic E-state index is 0.130. The Bertz CT molecular complexity index is 846. The maximum absolute atomic E-state index is 5.56. The quantitative estimate of drug-likeness (QED) is 0.775. The molecule has 0 radical (unpaired) electrons. The Morgan fingerprint density at radius 1 is 1.32 bits per heavy atom. The van der Waals surface area contributed by atoms with Crippen LogP contribution in [0.2, 0.25) is 0 Å². The van der Waals surface area contributed by atoms with Crippen molar-refractivity contribution in [3.8, 4) is 27.0 Å². The fraction of sp³-hybridized carbons (Fsp3) is 0.333. The molecule has 0 spiro atoms. The molecule has 6 nitrogen and oxygen atoms in total. The number of likely N-dealkylation sites (N-methyl/N-ethyl adjacent to an activating group) is 1. The van der Waals surface area contributed by atoms with Gasteiger partial charge in [0.15, 0.2) is 5.82 Å². The van der Waals surface area contributed by atoms with Gasteiger partial charge in [-0.3, -0.25) is 4.90 Å². The summed E-state index contributed by atoms with van der Waals surface area (Å²) in [6.45, 7) is 2.78. The Kier molecular flexibility index (Phi) is 4.52. The van der Waals surface area contributed by atoms with Gasteiger partial charge in [0.25, 0.3) is 5.89 Å².